The smallest absolute Gasteiger partial charge is 0.129 e. The van der Waals surface area contributed by atoms with Crippen LogP contribution < -0.4 is 10.5 Å². The molecule has 0 saturated carbocycles. The first kappa shape index (κ1) is 14.4. The zero-order chi connectivity index (χ0) is 14.7. The third-order valence-electron chi connectivity index (χ3n) is 3.33. The predicted octanol–water partition coefficient (Wildman–Crippen LogP) is 2.18. The number of hydrogen-bond acceptors (Lipinski definition) is 4. The molecule has 1 aromatic heterocycles. The van der Waals surface area contributed by atoms with Crippen LogP contribution in [0, 0.1) is 6.92 Å². The van der Waals surface area contributed by atoms with Crippen LogP contribution in [-0.2, 0) is 18.2 Å². The molecule has 0 aliphatic carbocycles. The van der Waals surface area contributed by atoms with E-state index in [9.17, 15) is 0 Å². The number of nitrogen functional groups attached to an aromatic ring is 1. The van der Waals surface area contributed by atoms with Crippen molar-refractivity contribution in [2.75, 3.05) is 26.6 Å². The Labute approximate surface area is 119 Å². The van der Waals surface area contributed by atoms with E-state index in [1.165, 1.54) is 0 Å². The third kappa shape index (κ3) is 2.63. The highest BCUT2D eigenvalue weighted by molar-refractivity contribution is 5.81. The maximum absolute atomic E-state index is 6.18. The standard InChI is InChI=1S/C15H21N3O2/c1-10-5-6-13(20-4)11(9-10)14-12(7-8-19-3)17-18(2)15(14)16/h5-6,9H,7-8,16H2,1-4H3. The van der Waals surface area contributed by atoms with Gasteiger partial charge in [-0.15, -0.1) is 0 Å². The van der Waals surface area contributed by atoms with Crippen LogP contribution >= 0.6 is 0 Å². The van der Waals surface area contributed by atoms with Crippen molar-refractivity contribution in [2.45, 2.75) is 13.3 Å². The van der Waals surface area contributed by atoms with Crippen molar-refractivity contribution in [1.29, 1.82) is 0 Å². The van der Waals surface area contributed by atoms with Gasteiger partial charge in [-0.25, -0.2) is 0 Å². The molecule has 0 amide bonds. The number of aromatic nitrogens is 2. The van der Waals surface area contributed by atoms with Gasteiger partial charge in [-0.2, -0.15) is 5.10 Å². The van der Waals surface area contributed by atoms with Crippen molar-refractivity contribution in [3.8, 4) is 16.9 Å². The molecule has 1 aromatic carbocycles. The second kappa shape index (κ2) is 5.96. The number of rotatable bonds is 5. The Balaban J connectivity index is 2.58. The summed E-state index contributed by atoms with van der Waals surface area (Å²) >= 11 is 0. The van der Waals surface area contributed by atoms with Crippen molar-refractivity contribution in [3.63, 3.8) is 0 Å². The van der Waals surface area contributed by atoms with E-state index >= 15 is 0 Å². The van der Waals surface area contributed by atoms with Crippen LogP contribution in [0.1, 0.15) is 11.3 Å². The maximum Gasteiger partial charge on any atom is 0.129 e. The molecule has 0 spiro atoms. The molecule has 5 heteroatoms. The minimum absolute atomic E-state index is 0.609. The van der Waals surface area contributed by atoms with Gasteiger partial charge in [0.05, 0.1) is 25.0 Å². The number of hydrogen-bond donors (Lipinski definition) is 1. The fourth-order valence-electron chi connectivity index (χ4n) is 2.28. The van der Waals surface area contributed by atoms with E-state index in [2.05, 4.69) is 11.2 Å². The molecule has 0 saturated heterocycles. The van der Waals surface area contributed by atoms with Crippen LogP contribution in [0.25, 0.3) is 11.1 Å². The fourth-order valence-corrected chi connectivity index (χ4v) is 2.28. The highest BCUT2D eigenvalue weighted by Crippen LogP contribution is 2.37. The van der Waals surface area contributed by atoms with Gasteiger partial charge in [0.15, 0.2) is 0 Å². The maximum atomic E-state index is 6.18. The van der Waals surface area contributed by atoms with Gasteiger partial charge >= 0.3 is 0 Å². The number of ether oxygens (including phenoxy) is 2. The van der Waals surface area contributed by atoms with Gasteiger partial charge in [-0.3, -0.25) is 4.68 Å². The van der Waals surface area contributed by atoms with Crippen LogP contribution in [0.3, 0.4) is 0 Å². The van der Waals surface area contributed by atoms with Crippen molar-refractivity contribution in [2.24, 2.45) is 7.05 Å². The summed E-state index contributed by atoms with van der Waals surface area (Å²) in [7, 11) is 5.19. The monoisotopic (exact) mass is 275 g/mol. The molecule has 2 rings (SSSR count). The Hall–Kier alpha value is -2.01. The van der Waals surface area contributed by atoms with Crippen molar-refractivity contribution < 1.29 is 9.47 Å². The van der Waals surface area contributed by atoms with E-state index in [-0.39, 0.29) is 0 Å². The minimum atomic E-state index is 0.609. The summed E-state index contributed by atoms with van der Waals surface area (Å²) in [5.41, 5.74) is 10.2. The fraction of sp³-hybridized carbons (Fsp3) is 0.400. The molecular weight excluding hydrogens is 254 g/mol. The average Bonchev–Trinajstić information content (AvgIpc) is 2.71. The van der Waals surface area contributed by atoms with Gasteiger partial charge in [0, 0.05) is 26.1 Å². The SMILES string of the molecule is COCCc1nn(C)c(N)c1-c1cc(C)ccc1OC. The lowest BCUT2D eigenvalue weighted by Crippen LogP contribution is -1.99. The summed E-state index contributed by atoms with van der Waals surface area (Å²) in [5.74, 6) is 1.44. The zero-order valence-corrected chi connectivity index (χ0v) is 12.4. The van der Waals surface area contributed by atoms with Crippen molar-refractivity contribution in [3.05, 3.63) is 29.5 Å². The number of nitrogens with zero attached hydrogens (tertiary/aromatic N) is 2. The Morgan fingerprint density at radius 1 is 1.30 bits per heavy atom. The molecule has 108 valence electrons. The Morgan fingerprint density at radius 2 is 2.05 bits per heavy atom. The molecule has 0 bridgehead atoms. The first-order chi connectivity index (χ1) is 9.58. The molecule has 1 heterocycles. The van der Waals surface area contributed by atoms with Crippen molar-refractivity contribution >= 4 is 5.82 Å². The van der Waals surface area contributed by atoms with Gasteiger partial charge < -0.3 is 15.2 Å². The van der Waals surface area contributed by atoms with Crippen LogP contribution in [0.2, 0.25) is 0 Å². The minimum Gasteiger partial charge on any atom is -0.496 e. The molecule has 2 aromatic rings. The van der Waals surface area contributed by atoms with Gasteiger partial charge in [0.2, 0.25) is 0 Å². The highest BCUT2D eigenvalue weighted by Gasteiger charge is 2.19. The third-order valence-corrected chi connectivity index (χ3v) is 3.33. The Morgan fingerprint density at radius 3 is 2.70 bits per heavy atom. The van der Waals surface area contributed by atoms with Gasteiger partial charge in [0.25, 0.3) is 0 Å². The zero-order valence-electron chi connectivity index (χ0n) is 12.4. The second-order valence-corrected chi connectivity index (χ2v) is 4.78. The quantitative estimate of drug-likeness (QED) is 0.908. The van der Waals surface area contributed by atoms with E-state index in [0.29, 0.717) is 18.8 Å². The van der Waals surface area contributed by atoms with Gasteiger partial charge in [0.1, 0.15) is 11.6 Å². The Kier molecular flexibility index (Phi) is 4.29. The Bertz CT molecular complexity index is 605. The lowest BCUT2D eigenvalue weighted by atomic mass is 10.0. The topological polar surface area (TPSA) is 62.3 Å². The number of methoxy groups -OCH3 is 2. The number of aryl methyl sites for hydroxylation is 2. The molecule has 5 nitrogen and oxygen atoms in total. The summed E-state index contributed by atoms with van der Waals surface area (Å²) in [5, 5.41) is 4.49. The summed E-state index contributed by atoms with van der Waals surface area (Å²) in [6.45, 7) is 2.65. The van der Waals surface area contributed by atoms with E-state index in [1.54, 1.807) is 18.9 Å². The van der Waals surface area contributed by atoms with Crippen LogP contribution in [0.5, 0.6) is 5.75 Å². The van der Waals surface area contributed by atoms with E-state index in [0.717, 1.165) is 28.1 Å². The average molecular weight is 275 g/mol. The van der Waals surface area contributed by atoms with Crippen molar-refractivity contribution in [1.82, 2.24) is 9.78 Å². The molecule has 0 aliphatic rings. The van der Waals surface area contributed by atoms with Crippen LogP contribution in [0.4, 0.5) is 5.82 Å². The molecule has 0 unspecified atom stereocenters. The normalized spacial score (nSPS) is 10.8. The van der Waals surface area contributed by atoms with E-state index in [4.69, 9.17) is 15.2 Å². The predicted molar refractivity (Wildman–Crippen MR) is 79.9 cm³/mol. The molecule has 0 atom stereocenters. The van der Waals surface area contributed by atoms with Gasteiger partial charge in [-0.05, 0) is 19.1 Å². The summed E-state index contributed by atoms with van der Waals surface area (Å²) < 4.78 is 12.3. The molecule has 20 heavy (non-hydrogen) atoms. The number of nitrogens with two attached hydrogens (primary N) is 1. The van der Waals surface area contributed by atoms with Crippen LogP contribution in [0.15, 0.2) is 18.2 Å². The largest absolute Gasteiger partial charge is 0.496 e. The molecular formula is C15H21N3O2. The van der Waals surface area contributed by atoms with E-state index in [1.807, 2.05) is 26.1 Å². The summed E-state index contributed by atoms with van der Waals surface area (Å²) in [6, 6.07) is 6.05. The molecule has 2 N–H and O–H groups in total. The lowest BCUT2D eigenvalue weighted by molar-refractivity contribution is 0.201. The van der Waals surface area contributed by atoms with Gasteiger partial charge in [-0.1, -0.05) is 11.6 Å². The number of benzene rings is 1. The first-order valence-electron chi connectivity index (χ1n) is 6.53. The molecule has 0 radical (unpaired) electrons. The highest BCUT2D eigenvalue weighted by atomic mass is 16.5. The van der Waals surface area contributed by atoms with E-state index < -0.39 is 0 Å². The number of anilines is 1. The summed E-state index contributed by atoms with van der Waals surface area (Å²) in [6.07, 6.45) is 0.716. The summed E-state index contributed by atoms with van der Waals surface area (Å²) in [4.78, 5) is 0. The second-order valence-electron chi connectivity index (χ2n) is 4.78. The first-order valence-corrected chi connectivity index (χ1v) is 6.53. The molecule has 0 aliphatic heterocycles. The molecule has 0 fully saturated rings. The lowest BCUT2D eigenvalue weighted by Gasteiger charge is -2.11. The van der Waals surface area contributed by atoms with Crippen LogP contribution in [-0.4, -0.2) is 30.6 Å².